The summed E-state index contributed by atoms with van der Waals surface area (Å²) in [5.74, 6) is -3.90. The largest absolute Gasteiger partial charge is 0.595 e. The zero-order chi connectivity index (χ0) is 35.9. The Morgan fingerprint density at radius 3 is 2.53 bits per heavy atom. The molecule has 4 aliphatic rings. The van der Waals surface area contributed by atoms with E-state index in [1.165, 1.54) is 12.1 Å². The fourth-order valence-corrected chi connectivity index (χ4v) is 9.12. The van der Waals surface area contributed by atoms with Crippen molar-refractivity contribution in [3.05, 3.63) is 40.6 Å². The minimum atomic E-state index is -1.88. The van der Waals surface area contributed by atoms with Gasteiger partial charge in [-0.1, -0.05) is 25.5 Å². The fraction of sp³-hybridized carbons (Fsp3) is 0.600. The molecule has 1 unspecified atom stereocenters. The van der Waals surface area contributed by atoms with Crippen molar-refractivity contribution in [1.82, 2.24) is 5.32 Å². The molecule has 4 aliphatic carbocycles. The first-order chi connectivity index (χ1) is 23.0. The van der Waals surface area contributed by atoms with Gasteiger partial charge in [0.25, 0.3) is 0 Å². The molecule has 0 radical (unpaired) electrons. The summed E-state index contributed by atoms with van der Waals surface area (Å²) in [6.07, 6.45) is 3.80. The highest BCUT2D eigenvalue weighted by Crippen LogP contribution is 2.66. The minimum Gasteiger partial charge on any atom is -0.595 e. The standard InChI is InChI=1S/C35H44N2O12/c1-33-12-10-21(38)16-20(33)5-6-22-23-11-13-35(45,34(23,2)17-27(40)31(22)33)28(41)18-49-30(43)9-8-29(42)36-24(32(44)48-3)14-19-4-7-26(39)25(15-19)37(46)47/h4,7,15-16,22-24,31,37,39,45-46H,5-6,8-14,17-18H2,1-3H3,(H,36,42)/t22-,23+,24+,31-,33+,34-,35+/m1/s1. The van der Waals surface area contributed by atoms with Gasteiger partial charge in [-0.05, 0) is 67.1 Å². The molecule has 0 heterocycles. The third-order valence-electron chi connectivity index (χ3n) is 11.7. The van der Waals surface area contributed by atoms with E-state index >= 15 is 0 Å². The number of allylic oxidation sites excluding steroid dienone is 1. The highest BCUT2D eigenvalue weighted by molar-refractivity contribution is 5.95. The van der Waals surface area contributed by atoms with Crippen LogP contribution in [0.3, 0.4) is 0 Å². The molecule has 3 fully saturated rings. The zero-order valence-corrected chi connectivity index (χ0v) is 27.9. The van der Waals surface area contributed by atoms with E-state index in [0.29, 0.717) is 37.7 Å². The highest BCUT2D eigenvalue weighted by Gasteiger charge is 2.68. The molecule has 1 amide bonds. The number of aromatic hydroxyl groups is 1. The number of nitrogens with one attached hydrogen (secondary N) is 2. The first kappa shape index (κ1) is 36.3. The van der Waals surface area contributed by atoms with Crippen LogP contribution in [0.4, 0.5) is 5.69 Å². The number of carbonyl (C=O) groups is 6. The second-order valence-electron chi connectivity index (χ2n) is 14.4. The molecular formula is C35H44N2O12. The van der Waals surface area contributed by atoms with Gasteiger partial charge in [0.2, 0.25) is 17.4 Å². The Balaban J connectivity index is 1.16. The summed E-state index contributed by atoms with van der Waals surface area (Å²) in [5.41, 5.74) is -2.36. The SMILES string of the molecule is COC(=O)[C@H](Cc1ccc(O)c([NH+]([O-])O)c1)NC(=O)CCC(=O)OCC(=O)[C@@]1(O)CC[C@H]2[C@H]3CCC4=CC(=O)CC[C@]4(C)[C@H]3C(=O)C[C@]21C. The number of phenols is 1. The lowest BCUT2D eigenvalue weighted by molar-refractivity contribution is -0.991. The number of carbonyl (C=O) groups excluding carboxylic acids is 6. The second-order valence-corrected chi connectivity index (χ2v) is 14.4. The maximum Gasteiger partial charge on any atom is 0.328 e. The van der Waals surface area contributed by atoms with E-state index in [1.54, 1.807) is 13.0 Å². The lowest BCUT2D eigenvalue weighted by Gasteiger charge is -2.57. The Labute approximate surface area is 283 Å². The van der Waals surface area contributed by atoms with Crippen LogP contribution in [0.15, 0.2) is 29.8 Å². The van der Waals surface area contributed by atoms with Gasteiger partial charge in [-0.25, -0.2) is 10.0 Å². The predicted octanol–water partition coefficient (Wildman–Crippen LogP) is 1.33. The first-order valence-corrected chi connectivity index (χ1v) is 16.6. The second kappa shape index (κ2) is 13.7. The van der Waals surface area contributed by atoms with Crippen molar-refractivity contribution < 1.29 is 58.9 Å². The Kier molecular flexibility index (Phi) is 10.2. The van der Waals surface area contributed by atoms with Crippen molar-refractivity contribution in [2.45, 2.75) is 89.7 Å². The molecule has 5 N–H and O–H groups in total. The molecule has 14 nitrogen and oxygen atoms in total. The Morgan fingerprint density at radius 1 is 1.10 bits per heavy atom. The summed E-state index contributed by atoms with van der Waals surface area (Å²) in [4.78, 5) is 77.0. The van der Waals surface area contributed by atoms with Gasteiger partial charge < -0.3 is 30.2 Å². The zero-order valence-electron chi connectivity index (χ0n) is 27.9. The monoisotopic (exact) mass is 684 g/mol. The van der Waals surface area contributed by atoms with Gasteiger partial charge in [-0.2, -0.15) is 5.23 Å². The molecule has 266 valence electrons. The maximum atomic E-state index is 13.8. The molecule has 0 aliphatic heterocycles. The van der Waals surface area contributed by atoms with Gasteiger partial charge in [-0.15, -0.1) is 0 Å². The van der Waals surface area contributed by atoms with Crippen LogP contribution in [0.5, 0.6) is 5.75 Å². The minimum absolute atomic E-state index is 0.00906. The van der Waals surface area contributed by atoms with Crippen molar-refractivity contribution in [3.8, 4) is 5.75 Å². The number of Topliss-reactive ketones (excluding diaryl/α,β-unsaturated/α-hetero) is 2. The summed E-state index contributed by atoms with van der Waals surface area (Å²) in [5, 5.41) is 43.2. The summed E-state index contributed by atoms with van der Waals surface area (Å²) in [6.45, 7) is 3.11. The number of methoxy groups -OCH3 is 1. The Hall–Kier alpha value is -3.98. The number of ether oxygens (including phenoxy) is 2. The molecule has 0 bridgehead atoms. The number of esters is 2. The van der Waals surface area contributed by atoms with E-state index in [4.69, 9.17) is 9.47 Å². The van der Waals surface area contributed by atoms with Crippen molar-refractivity contribution in [2.24, 2.45) is 28.6 Å². The number of benzene rings is 1. The number of ketones is 3. The van der Waals surface area contributed by atoms with Gasteiger partial charge in [0.15, 0.2) is 18.1 Å². The van der Waals surface area contributed by atoms with Crippen molar-refractivity contribution in [2.75, 3.05) is 13.7 Å². The van der Waals surface area contributed by atoms with Gasteiger partial charge in [0, 0.05) is 43.1 Å². The van der Waals surface area contributed by atoms with Crippen LogP contribution in [0.25, 0.3) is 0 Å². The van der Waals surface area contributed by atoms with Crippen molar-refractivity contribution in [1.29, 1.82) is 0 Å². The van der Waals surface area contributed by atoms with Crippen LogP contribution in [-0.4, -0.2) is 76.0 Å². The third kappa shape index (κ3) is 6.66. The van der Waals surface area contributed by atoms with Gasteiger partial charge in [-0.3, -0.25) is 24.0 Å². The van der Waals surface area contributed by atoms with Gasteiger partial charge in [0.1, 0.15) is 17.4 Å². The average molecular weight is 685 g/mol. The molecular weight excluding hydrogens is 640 g/mol. The predicted molar refractivity (Wildman–Crippen MR) is 169 cm³/mol. The number of hydrogen-bond donors (Lipinski definition) is 5. The summed E-state index contributed by atoms with van der Waals surface area (Å²) in [7, 11) is 1.11. The maximum absolute atomic E-state index is 13.8. The Morgan fingerprint density at radius 2 is 1.84 bits per heavy atom. The normalized spacial score (nSPS) is 31.7. The number of hydrogen-bond acceptors (Lipinski definition) is 12. The van der Waals surface area contributed by atoms with E-state index in [2.05, 4.69) is 12.2 Å². The molecule has 14 heteroatoms. The first-order valence-electron chi connectivity index (χ1n) is 16.6. The van der Waals surface area contributed by atoms with Crippen LogP contribution >= 0.6 is 0 Å². The van der Waals surface area contributed by atoms with Crippen LogP contribution < -0.4 is 10.5 Å². The molecule has 3 saturated carbocycles. The third-order valence-corrected chi connectivity index (χ3v) is 11.7. The summed E-state index contributed by atoms with van der Waals surface area (Å²) >= 11 is 0. The number of fused-ring (bicyclic) bond motifs is 5. The number of amides is 1. The smallest absolute Gasteiger partial charge is 0.328 e. The lowest BCUT2D eigenvalue weighted by atomic mass is 9.46. The highest BCUT2D eigenvalue weighted by atomic mass is 16.8. The van der Waals surface area contributed by atoms with E-state index < -0.39 is 76.5 Å². The molecule has 5 rings (SSSR count). The van der Waals surface area contributed by atoms with Crippen molar-refractivity contribution in [3.63, 3.8) is 0 Å². The average Bonchev–Trinajstić information content (AvgIpc) is 3.33. The van der Waals surface area contributed by atoms with E-state index in [-0.39, 0.29) is 54.3 Å². The summed E-state index contributed by atoms with van der Waals surface area (Å²) in [6, 6.07) is 2.49. The quantitative estimate of drug-likeness (QED) is 0.127. The molecule has 0 aromatic heterocycles. The number of quaternary nitrogens is 1. The summed E-state index contributed by atoms with van der Waals surface area (Å²) < 4.78 is 9.92. The van der Waals surface area contributed by atoms with E-state index in [1.807, 2.05) is 0 Å². The molecule has 1 aromatic rings. The fourth-order valence-electron chi connectivity index (χ4n) is 9.12. The molecule has 8 atom stereocenters. The topological polar surface area (TPSA) is 221 Å². The molecule has 1 aromatic carbocycles. The van der Waals surface area contributed by atoms with Crippen LogP contribution in [0, 0.1) is 33.8 Å². The van der Waals surface area contributed by atoms with Crippen LogP contribution in [-0.2, 0) is 44.7 Å². The number of rotatable bonds is 11. The van der Waals surface area contributed by atoms with Crippen LogP contribution in [0.2, 0.25) is 0 Å². The van der Waals surface area contributed by atoms with Gasteiger partial charge in [0.05, 0.1) is 13.5 Å². The number of aliphatic hydroxyl groups is 1. The molecule has 0 saturated heterocycles. The molecule has 0 spiro atoms. The van der Waals surface area contributed by atoms with E-state index in [0.717, 1.165) is 18.7 Å². The Bertz CT molecular complexity index is 1590. The number of phenolic OH excluding ortho intramolecular Hbond substituents is 1. The van der Waals surface area contributed by atoms with Crippen LogP contribution in [0.1, 0.15) is 77.2 Å². The van der Waals surface area contributed by atoms with Gasteiger partial charge >= 0.3 is 11.9 Å². The lowest BCUT2D eigenvalue weighted by Crippen LogP contribution is -2.99. The van der Waals surface area contributed by atoms with Crippen molar-refractivity contribution >= 4 is 40.9 Å². The van der Waals surface area contributed by atoms with E-state index in [9.17, 15) is 49.4 Å². The molecule has 49 heavy (non-hydrogen) atoms.